The average Bonchev–Trinajstić information content (AvgIpc) is 2.51. The Morgan fingerprint density at radius 2 is 2.09 bits per heavy atom. The van der Waals surface area contributed by atoms with E-state index in [0.29, 0.717) is 17.0 Å². The summed E-state index contributed by atoms with van der Waals surface area (Å²) in [6.45, 7) is 3.35. The quantitative estimate of drug-likeness (QED) is 0.626. The van der Waals surface area contributed by atoms with Crippen LogP contribution in [0.3, 0.4) is 0 Å². The summed E-state index contributed by atoms with van der Waals surface area (Å²) in [5, 5.41) is 0. The van der Waals surface area contributed by atoms with Crippen LogP contribution in [0.2, 0.25) is 0 Å². The summed E-state index contributed by atoms with van der Waals surface area (Å²) < 4.78 is 10.1. The number of rotatable bonds is 4. The number of amides is 1. The molecule has 0 bridgehead atoms. The van der Waals surface area contributed by atoms with Crippen molar-refractivity contribution in [2.75, 3.05) is 19.1 Å². The number of nitrogens with zero attached hydrogens (tertiary/aromatic N) is 1. The Kier molecular flexibility index (Phi) is 4.49. The van der Waals surface area contributed by atoms with Gasteiger partial charge in [-0.15, -0.1) is 0 Å². The van der Waals surface area contributed by atoms with Gasteiger partial charge < -0.3 is 14.4 Å². The highest BCUT2D eigenvalue weighted by molar-refractivity contribution is 6.03. The number of ether oxygens (including phenoxy) is 2. The van der Waals surface area contributed by atoms with Crippen LogP contribution in [0.5, 0.6) is 5.75 Å². The van der Waals surface area contributed by atoms with Gasteiger partial charge in [0.2, 0.25) is 0 Å². The molecular weight excluding hydrogens is 286 g/mol. The van der Waals surface area contributed by atoms with Crippen LogP contribution in [0.4, 0.5) is 5.69 Å². The monoisotopic (exact) mass is 305 g/mol. The third kappa shape index (κ3) is 2.95. The molecule has 0 aliphatic carbocycles. The van der Waals surface area contributed by atoms with E-state index in [1.54, 1.807) is 39.1 Å². The summed E-state index contributed by atoms with van der Waals surface area (Å²) in [7, 11) is 2.93. The van der Waals surface area contributed by atoms with Crippen LogP contribution in [0.15, 0.2) is 18.2 Å². The molecule has 0 spiro atoms. The number of hydrogen-bond donors (Lipinski definition) is 0. The summed E-state index contributed by atoms with van der Waals surface area (Å²) in [5.41, 5.74) is 0.993. The van der Waals surface area contributed by atoms with Gasteiger partial charge in [-0.05, 0) is 25.1 Å². The van der Waals surface area contributed by atoms with E-state index in [9.17, 15) is 14.4 Å². The predicted molar refractivity (Wildman–Crippen MR) is 80.1 cm³/mol. The molecule has 1 aromatic rings. The maximum absolute atomic E-state index is 12.4. The van der Waals surface area contributed by atoms with E-state index >= 15 is 0 Å². The van der Waals surface area contributed by atoms with Gasteiger partial charge in [0.1, 0.15) is 5.75 Å². The number of anilines is 1. The van der Waals surface area contributed by atoms with Gasteiger partial charge in [-0.1, -0.05) is 6.92 Å². The van der Waals surface area contributed by atoms with Crippen LogP contribution >= 0.6 is 0 Å². The fourth-order valence-electron chi connectivity index (χ4n) is 2.38. The van der Waals surface area contributed by atoms with E-state index in [2.05, 4.69) is 4.74 Å². The lowest BCUT2D eigenvalue weighted by Crippen LogP contribution is -2.42. The maximum Gasteiger partial charge on any atom is 0.306 e. The fourth-order valence-corrected chi connectivity index (χ4v) is 2.38. The lowest BCUT2D eigenvalue weighted by Gasteiger charge is -2.30. The van der Waals surface area contributed by atoms with Crippen molar-refractivity contribution in [1.29, 1.82) is 0 Å². The average molecular weight is 305 g/mol. The van der Waals surface area contributed by atoms with Gasteiger partial charge in [-0.2, -0.15) is 0 Å². The molecule has 118 valence electrons. The first-order valence-corrected chi connectivity index (χ1v) is 7.04. The molecule has 0 N–H and O–H groups in total. The number of carbonyl (C=O) groups excluding carboxylic acids is 3. The first kappa shape index (κ1) is 16.0. The summed E-state index contributed by atoms with van der Waals surface area (Å²) in [5.74, 6) is -0.697. The number of likely N-dealkylation sites (N-methyl/N-ethyl adjacent to an activating group) is 1. The molecule has 1 amide bonds. The predicted octanol–water partition coefficient (Wildman–Crippen LogP) is 1.81. The molecule has 1 aromatic carbocycles. The zero-order valence-corrected chi connectivity index (χ0v) is 13.1. The lowest BCUT2D eigenvalue weighted by molar-refractivity contribution is -0.141. The normalized spacial score (nSPS) is 18.3. The van der Waals surface area contributed by atoms with Crippen molar-refractivity contribution in [3.63, 3.8) is 0 Å². The zero-order chi connectivity index (χ0) is 16.4. The number of esters is 1. The SMILES string of the molecule is COC(=O)CC(C)C(=O)c1ccc2c(c1)N(C)C(=O)C(C)O2. The second-order valence-electron chi connectivity index (χ2n) is 5.39. The minimum Gasteiger partial charge on any atom is -0.479 e. The number of carbonyl (C=O) groups is 3. The van der Waals surface area contributed by atoms with E-state index < -0.39 is 18.0 Å². The molecule has 1 aliphatic rings. The minimum atomic E-state index is -0.544. The Morgan fingerprint density at radius 3 is 2.73 bits per heavy atom. The summed E-state index contributed by atoms with van der Waals surface area (Å²) in [6.07, 6.45) is -0.522. The largest absolute Gasteiger partial charge is 0.479 e. The Balaban J connectivity index is 2.26. The summed E-state index contributed by atoms with van der Waals surface area (Å²) in [6, 6.07) is 4.94. The van der Waals surface area contributed by atoms with Crippen LogP contribution < -0.4 is 9.64 Å². The molecule has 0 saturated carbocycles. The van der Waals surface area contributed by atoms with Crippen molar-refractivity contribution >= 4 is 23.3 Å². The van der Waals surface area contributed by atoms with Crippen LogP contribution in [0.25, 0.3) is 0 Å². The standard InChI is InChI=1S/C16H19NO5/c1-9(7-14(18)21-4)15(19)11-5-6-13-12(8-11)17(3)16(20)10(2)22-13/h5-6,8-10H,7H2,1-4H3. The number of hydrogen-bond acceptors (Lipinski definition) is 5. The molecule has 0 fully saturated rings. The van der Waals surface area contributed by atoms with Crippen molar-refractivity contribution in [3.05, 3.63) is 23.8 Å². The Hall–Kier alpha value is -2.37. The number of benzene rings is 1. The first-order chi connectivity index (χ1) is 10.3. The van der Waals surface area contributed by atoms with Gasteiger partial charge in [-0.25, -0.2) is 0 Å². The van der Waals surface area contributed by atoms with E-state index in [1.807, 2.05) is 0 Å². The molecular formula is C16H19NO5. The number of fused-ring (bicyclic) bond motifs is 1. The number of ketones is 1. The van der Waals surface area contributed by atoms with Gasteiger partial charge in [0, 0.05) is 18.5 Å². The third-order valence-electron chi connectivity index (χ3n) is 3.74. The van der Waals surface area contributed by atoms with E-state index in [0.717, 1.165) is 0 Å². The van der Waals surface area contributed by atoms with Crippen molar-refractivity contribution in [3.8, 4) is 5.75 Å². The third-order valence-corrected chi connectivity index (χ3v) is 3.74. The number of methoxy groups -OCH3 is 1. The summed E-state index contributed by atoms with van der Waals surface area (Å²) in [4.78, 5) is 37.1. The fraction of sp³-hybridized carbons (Fsp3) is 0.438. The lowest BCUT2D eigenvalue weighted by atomic mass is 9.95. The van der Waals surface area contributed by atoms with Gasteiger partial charge in [0.25, 0.3) is 5.91 Å². The smallest absolute Gasteiger partial charge is 0.306 e. The van der Waals surface area contributed by atoms with Gasteiger partial charge in [0.15, 0.2) is 11.9 Å². The van der Waals surface area contributed by atoms with Gasteiger partial charge in [0.05, 0.1) is 19.2 Å². The van der Waals surface area contributed by atoms with Crippen molar-refractivity contribution < 1.29 is 23.9 Å². The molecule has 22 heavy (non-hydrogen) atoms. The Bertz CT molecular complexity index is 625. The molecule has 1 aliphatic heterocycles. The van der Waals surface area contributed by atoms with Crippen molar-refractivity contribution in [2.24, 2.45) is 5.92 Å². The van der Waals surface area contributed by atoms with Crippen LogP contribution in [0.1, 0.15) is 30.6 Å². The topological polar surface area (TPSA) is 72.9 Å². The van der Waals surface area contributed by atoms with E-state index in [-0.39, 0.29) is 18.1 Å². The molecule has 2 atom stereocenters. The van der Waals surface area contributed by atoms with Gasteiger partial charge in [-0.3, -0.25) is 14.4 Å². The molecule has 6 heteroatoms. The van der Waals surface area contributed by atoms with Crippen LogP contribution in [-0.4, -0.2) is 37.9 Å². The second-order valence-corrected chi connectivity index (χ2v) is 5.39. The van der Waals surface area contributed by atoms with E-state index in [1.165, 1.54) is 12.0 Å². The van der Waals surface area contributed by atoms with Crippen LogP contribution in [0, 0.1) is 5.92 Å². The highest BCUT2D eigenvalue weighted by Gasteiger charge is 2.30. The molecule has 2 rings (SSSR count). The zero-order valence-electron chi connectivity index (χ0n) is 13.1. The maximum atomic E-state index is 12.4. The molecule has 0 radical (unpaired) electrons. The Labute approximate surface area is 129 Å². The molecule has 1 heterocycles. The molecule has 0 aromatic heterocycles. The summed E-state index contributed by atoms with van der Waals surface area (Å²) >= 11 is 0. The Morgan fingerprint density at radius 1 is 1.41 bits per heavy atom. The minimum absolute atomic E-state index is 0.0225. The first-order valence-electron chi connectivity index (χ1n) is 7.04. The molecule has 0 saturated heterocycles. The highest BCUT2D eigenvalue weighted by atomic mass is 16.5. The van der Waals surface area contributed by atoms with Crippen LogP contribution in [-0.2, 0) is 14.3 Å². The molecule has 2 unspecified atom stereocenters. The van der Waals surface area contributed by atoms with Crippen molar-refractivity contribution in [1.82, 2.24) is 0 Å². The number of Topliss-reactive ketones (excluding diaryl/α,β-unsaturated/α-hetero) is 1. The molecule has 6 nitrogen and oxygen atoms in total. The highest BCUT2D eigenvalue weighted by Crippen LogP contribution is 2.34. The van der Waals surface area contributed by atoms with Crippen molar-refractivity contribution in [2.45, 2.75) is 26.4 Å². The van der Waals surface area contributed by atoms with E-state index in [4.69, 9.17) is 4.74 Å². The second kappa shape index (κ2) is 6.17. The van der Waals surface area contributed by atoms with Gasteiger partial charge >= 0.3 is 5.97 Å².